The molecule has 20 heavy (non-hydrogen) atoms. The van der Waals surface area contributed by atoms with Crippen molar-refractivity contribution in [2.24, 2.45) is 5.92 Å². The van der Waals surface area contributed by atoms with E-state index in [0.29, 0.717) is 17.2 Å². The number of amides is 1. The minimum absolute atomic E-state index is 0.0250. The van der Waals surface area contributed by atoms with Crippen molar-refractivity contribution in [1.82, 2.24) is 9.88 Å². The first kappa shape index (κ1) is 13.3. The number of aromatic nitrogens is 1. The number of carbonyl (C=O) groups is 1. The molecule has 0 saturated carbocycles. The van der Waals surface area contributed by atoms with Crippen LogP contribution in [0.15, 0.2) is 18.2 Å². The zero-order chi connectivity index (χ0) is 14.1. The van der Waals surface area contributed by atoms with Gasteiger partial charge in [0.05, 0.1) is 10.2 Å². The summed E-state index contributed by atoms with van der Waals surface area (Å²) in [5, 5.41) is 9.76. The lowest BCUT2D eigenvalue weighted by atomic mass is 9.98. The summed E-state index contributed by atoms with van der Waals surface area (Å²) in [5.41, 5.74) is 7.18. The second-order valence-corrected chi connectivity index (χ2v) is 6.24. The number of fused-ring (bicyclic) bond motifs is 1. The maximum atomic E-state index is 12.5. The number of nitrogen functional groups attached to an aromatic ring is 1. The van der Waals surface area contributed by atoms with Gasteiger partial charge >= 0.3 is 0 Å². The summed E-state index contributed by atoms with van der Waals surface area (Å²) in [6.07, 6.45) is 1.94. The molecule has 106 valence electrons. The summed E-state index contributed by atoms with van der Waals surface area (Å²) in [7, 11) is 0. The number of anilines is 1. The number of nitrogens with zero attached hydrogens (tertiary/aromatic N) is 2. The van der Waals surface area contributed by atoms with Crippen LogP contribution in [-0.2, 0) is 0 Å². The van der Waals surface area contributed by atoms with Crippen molar-refractivity contribution in [2.45, 2.75) is 12.8 Å². The Hall–Kier alpha value is -1.66. The van der Waals surface area contributed by atoms with Crippen LogP contribution in [0, 0.1) is 5.92 Å². The lowest BCUT2D eigenvalue weighted by Gasteiger charge is -2.31. The van der Waals surface area contributed by atoms with Gasteiger partial charge in [0.2, 0.25) is 0 Å². The molecular weight excluding hydrogens is 274 g/mol. The number of nitrogens with two attached hydrogens (primary N) is 1. The standard InChI is InChI=1S/C14H17N3O2S/c15-14-16-11-4-3-10(6-12(11)20-14)13(19)17-5-1-2-9(7-17)8-18/h3-4,6,9,18H,1-2,5,7-8H2,(H2,15,16). The van der Waals surface area contributed by atoms with E-state index in [-0.39, 0.29) is 18.4 Å². The van der Waals surface area contributed by atoms with E-state index in [1.807, 2.05) is 17.0 Å². The van der Waals surface area contributed by atoms with Gasteiger partial charge in [-0.05, 0) is 37.0 Å². The number of hydrogen-bond donors (Lipinski definition) is 2. The molecule has 1 aromatic carbocycles. The summed E-state index contributed by atoms with van der Waals surface area (Å²) in [6, 6.07) is 5.49. The molecule has 5 nitrogen and oxygen atoms in total. The summed E-state index contributed by atoms with van der Waals surface area (Å²) in [5.74, 6) is 0.229. The molecule has 2 heterocycles. The number of thiazole rings is 1. The van der Waals surface area contributed by atoms with Gasteiger partial charge in [0, 0.05) is 25.3 Å². The normalized spacial score (nSPS) is 19.4. The molecule has 0 aliphatic carbocycles. The highest BCUT2D eigenvalue weighted by Gasteiger charge is 2.24. The second-order valence-electron chi connectivity index (χ2n) is 5.18. The Morgan fingerprint density at radius 3 is 3.20 bits per heavy atom. The Kier molecular flexibility index (Phi) is 3.58. The van der Waals surface area contributed by atoms with E-state index in [1.54, 1.807) is 6.07 Å². The summed E-state index contributed by atoms with van der Waals surface area (Å²) in [4.78, 5) is 18.5. The fourth-order valence-corrected chi connectivity index (χ4v) is 3.43. The van der Waals surface area contributed by atoms with E-state index < -0.39 is 0 Å². The third-order valence-corrected chi connectivity index (χ3v) is 4.56. The molecule has 1 aliphatic heterocycles. The Morgan fingerprint density at radius 2 is 2.40 bits per heavy atom. The van der Waals surface area contributed by atoms with Crippen LogP contribution in [0.5, 0.6) is 0 Å². The molecular formula is C14H17N3O2S. The first-order valence-corrected chi connectivity index (χ1v) is 7.55. The number of aliphatic hydroxyl groups is 1. The summed E-state index contributed by atoms with van der Waals surface area (Å²) >= 11 is 1.39. The molecule has 1 aliphatic rings. The number of carbonyl (C=O) groups excluding carboxylic acids is 1. The van der Waals surface area contributed by atoms with Gasteiger partial charge in [-0.15, -0.1) is 0 Å². The molecule has 1 fully saturated rings. The van der Waals surface area contributed by atoms with Gasteiger partial charge in [-0.25, -0.2) is 4.98 Å². The fraction of sp³-hybridized carbons (Fsp3) is 0.429. The summed E-state index contributed by atoms with van der Waals surface area (Å²) < 4.78 is 0.934. The average Bonchev–Trinajstić information content (AvgIpc) is 2.85. The molecule has 3 N–H and O–H groups in total. The minimum Gasteiger partial charge on any atom is -0.396 e. The van der Waals surface area contributed by atoms with Gasteiger partial charge < -0.3 is 15.7 Å². The average molecular weight is 291 g/mol. The van der Waals surface area contributed by atoms with Gasteiger partial charge in [0.15, 0.2) is 5.13 Å². The minimum atomic E-state index is 0.0250. The van der Waals surface area contributed by atoms with Crippen molar-refractivity contribution in [1.29, 1.82) is 0 Å². The van der Waals surface area contributed by atoms with E-state index in [2.05, 4.69) is 4.98 Å². The van der Waals surface area contributed by atoms with Gasteiger partial charge in [0.25, 0.3) is 5.91 Å². The zero-order valence-electron chi connectivity index (χ0n) is 11.1. The molecule has 1 saturated heterocycles. The van der Waals surface area contributed by atoms with Crippen LogP contribution >= 0.6 is 11.3 Å². The molecule has 0 radical (unpaired) electrons. The highest BCUT2D eigenvalue weighted by Crippen LogP contribution is 2.26. The number of aliphatic hydroxyl groups excluding tert-OH is 1. The lowest BCUT2D eigenvalue weighted by molar-refractivity contribution is 0.0621. The SMILES string of the molecule is Nc1nc2ccc(C(=O)N3CCCC(CO)C3)cc2s1. The van der Waals surface area contributed by atoms with Gasteiger partial charge in [-0.3, -0.25) is 4.79 Å². The van der Waals surface area contributed by atoms with Crippen LogP contribution in [0.1, 0.15) is 23.2 Å². The first-order valence-electron chi connectivity index (χ1n) is 6.73. The van der Waals surface area contributed by atoms with Crippen LogP contribution in [0.4, 0.5) is 5.13 Å². The summed E-state index contributed by atoms with van der Waals surface area (Å²) in [6.45, 7) is 1.55. The Balaban J connectivity index is 1.84. The number of rotatable bonds is 2. The quantitative estimate of drug-likeness (QED) is 0.883. The van der Waals surface area contributed by atoms with Crippen LogP contribution in [-0.4, -0.2) is 40.6 Å². The van der Waals surface area contributed by atoms with Crippen LogP contribution in [0.2, 0.25) is 0 Å². The molecule has 0 spiro atoms. The number of benzene rings is 1. The third-order valence-electron chi connectivity index (χ3n) is 3.72. The van der Waals surface area contributed by atoms with Crippen LogP contribution < -0.4 is 5.73 Å². The largest absolute Gasteiger partial charge is 0.396 e. The lowest BCUT2D eigenvalue weighted by Crippen LogP contribution is -2.40. The Labute approximate surface area is 121 Å². The fourth-order valence-electron chi connectivity index (χ4n) is 2.66. The topological polar surface area (TPSA) is 79.5 Å². The predicted molar refractivity (Wildman–Crippen MR) is 79.7 cm³/mol. The van der Waals surface area contributed by atoms with Crippen LogP contribution in [0.25, 0.3) is 10.2 Å². The van der Waals surface area contributed by atoms with E-state index >= 15 is 0 Å². The molecule has 1 unspecified atom stereocenters. The zero-order valence-corrected chi connectivity index (χ0v) is 11.9. The predicted octanol–water partition coefficient (Wildman–Crippen LogP) is 1.72. The van der Waals surface area contributed by atoms with E-state index in [9.17, 15) is 9.90 Å². The van der Waals surface area contributed by atoms with E-state index in [1.165, 1.54) is 11.3 Å². The number of hydrogen-bond acceptors (Lipinski definition) is 5. The number of likely N-dealkylation sites (tertiary alicyclic amines) is 1. The molecule has 0 bridgehead atoms. The monoisotopic (exact) mass is 291 g/mol. The third kappa shape index (κ3) is 2.48. The molecule has 1 atom stereocenters. The Morgan fingerprint density at radius 1 is 1.55 bits per heavy atom. The van der Waals surface area contributed by atoms with E-state index in [4.69, 9.17) is 5.73 Å². The van der Waals surface area contributed by atoms with E-state index in [0.717, 1.165) is 29.6 Å². The van der Waals surface area contributed by atoms with Crippen molar-refractivity contribution in [3.05, 3.63) is 23.8 Å². The molecule has 2 aromatic rings. The first-order chi connectivity index (χ1) is 9.67. The highest BCUT2D eigenvalue weighted by molar-refractivity contribution is 7.22. The van der Waals surface area contributed by atoms with Crippen molar-refractivity contribution < 1.29 is 9.90 Å². The Bertz CT molecular complexity index is 640. The van der Waals surface area contributed by atoms with Gasteiger partial charge in [-0.1, -0.05) is 11.3 Å². The highest BCUT2D eigenvalue weighted by atomic mass is 32.1. The van der Waals surface area contributed by atoms with Gasteiger partial charge in [0.1, 0.15) is 0 Å². The second kappa shape index (κ2) is 5.38. The molecule has 1 aromatic heterocycles. The maximum Gasteiger partial charge on any atom is 0.253 e. The molecule has 3 rings (SSSR count). The number of piperidine rings is 1. The van der Waals surface area contributed by atoms with Gasteiger partial charge in [-0.2, -0.15) is 0 Å². The molecule has 1 amide bonds. The van der Waals surface area contributed by atoms with Crippen molar-refractivity contribution in [3.8, 4) is 0 Å². The van der Waals surface area contributed by atoms with Crippen molar-refractivity contribution >= 4 is 32.6 Å². The van der Waals surface area contributed by atoms with Crippen molar-refractivity contribution in [3.63, 3.8) is 0 Å². The van der Waals surface area contributed by atoms with Crippen LogP contribution in [0.3, 0.4) is 0 Å². The van der Waals surface area contributed by atoms with Crippen molar-refractivity contribution in [2.75, 3.05) is 25.4 Å². The maximum absolute atomic E-state index is 12.5. The smallest absolute Gasteiger partial charge is 0.253 e. The molecule has 6 heteroatoms.